The second kappa shape index (κ2) is 6.85. The molecule has 0 saturated carbocycles. The Labute approximate surface area is 177 Å². The minimum atomic E-state index is -3.86. The molecule has 0 radical (unpaired) electrons. The highest BCUT2D eigenvalue weighted by Gasteiger charge is 2.31. The minimum Gasteiger partial charge on any atom is -0.450 e. The van der Waals surface area contributed by atoms with Crippen LogP contribution in [0.25, 0.3) is 10.2 Å². The van der Waals surface area contributed by atoms with Crippen LogP contribution in [0.4, 0.5) is 4.79 Å². The molecule has 2 aromatic carbocycles. The van der Waals surface area contributed by atoms with Crippen molar-refractivity contribution in [2.45, 2.75) is 49.4 Å². The van der Waals surface area contributed by atoms with Gasteiger partial charge in [-0.2, -0.15) is 0 Å². The largest absolute Gasteiger partial charge is 0.511 e. The topological polar surface area (TPSA) is 112 Å². The van der Waals surface area contributed by atoms with Gasteiger partial charge >= 0.3 is 12.6 Å². The smallest absolute Gasteiger partial charge is 0.450 e. The van der Waals surface area contributed by atoms with Gasteiger partial charge in [-0.15, -0.1) is 11.3 Å². The monoisotopic (exact) mass is 449 g/mol. The maximum absolute atomic E-state index is 13.3. The fourth-order valence-electron chi connectivity index (χ4n) is 3.00. The molecule has 1 atom stereocenters. The Hall–Kier alpha value is -2.85. The zero-order chi connectivity index (χ0) is 21.8. The number of thiazole rings is 1. The fourth-order valence-corrected chi connectivity index (χ4v) is 5.65. The first-order valence-corrected chi connectivity index (χ1v) is 11.3. The first-order valence-electron chi connectivity index (χ1n) is 8.99. The van der Waals surface area contributed by atoms with Crippen LogP contribution < -0.4 is 9.47 Å². The van der Waals surface area contributed by atoms with Crippen LogP contribution in [0.1, 0.15) is 31.3 Å². The lowest BCUT2D eigenvalue weighted by Gasteiger charge is -2.13. The summed E-state index contributed by atoms with van der Waals surface area (Å²) in [5, 5.41) is 9.62. The molecule has 1 aromatic heterocycles. The molecule has 0 amide bonds. The second-order valence-corrected chi connectivity index (χ2v) is 10.8. The number of aromatic nitrogens is 1. The Morgan fingerprint density at radius 2 is 1.83 bits per heavy atom. The molecule has 1 aliphatic heterocycles. The molecule has 0 saturated heterocycles. The Kier molecular flexibility index (Phi) is 4.66. The van der Waals surface area contributed by atoms with Crippen molar-refractivity contribution in [1.29, 1.82) is 0 Å². The predicted molar refractivity (Wildman–Crippen MR) is 109 cm³/mol. The number of carbonyl (C=O) groups is 1. The molecule has 1 aliphatic rings. The summed E-state index contributed by atoms with van der Waals surface area (Å²) in [6.07, 6.45) is -1.56. The van der Waals surface area contributed by atoms with Crippen LogP contribution in [0, 0.1) is 6.92 Å². The summed E-state index contributed by atoms with van der Waals surface area (Å²) in [5.74, 6) is 0.310. The first kappa shape index (κ1) is 20.4. The number of sulfone groups is 1. The third kappa shape index (κ3) is 3.56. The highest BCUT2D eigenvalue weighted by atomic mass is 32.2. The lowest BCUT2D eigenvalue weighted by molar-refractivity contribution is -0.147. The fraction of sp³-hybridized carbons (Fsp3) is 0.300. The highest BCUT2D eigenvalue weighted by Crippen LogP contribution is 2.40. The van der Waals surface area contributed by atoms with Gasteiger partial charge in [0.05, 0.1) is 25.0 Å². The van der Waals surface area contributed by atoms with Gasteiger partial charge in [0.1, 0.15) is 0 Å². The molecule has 30 heavy (non-hydrogen) atoms. The average molecular weight is 450 g/mol. The van der Waals surface area contributed by atoms with Gasteiger partial charge in [0.15, 0.2) is 11.5 Å². The summed E-state index contributed by atoms with van der Waals surface area (Å²) < 4.78 is 42.4. The predicted octanol–water partition coefficient (Wildman–Crippen LogP) is 4.48. The van der Waals surface area contributed by atoms with E-state index in [4.69, 9.17) is 14.6 Å². The molecule has 8 nitrogen and oxygen atoms in total. The summed E-state index contributed by atoms with van der Waals surface area (Å²) in [7, 11) is -3.86. The summed E-state index contributed by atoms with van der Waals surface area (Å²) in [5.41, 5.74) is 1.05. The molecule has 1 N–H and O–H groups in total. The zero-order valence-corrected chi connectivity index (χ0v) is 18.3. The number of rotatable bonds is 3. The van der Waals surface area contributed by atoms with Crippen LogP contribution in [0.3, 0.4) is 0 Å². The van der Waals surface area contributed by atoms with Crippen LogP contribution in [0.15, 0.2) is 40.1 Å². The lowest BCUT2D eigenvalue weighted by atomic mass is 9.98. The van der Waals surface area contributed by atoms with Crippen molar-refractivity contribution in [2.24, 2.45) is 0 Å². The molecule has 0 fully saturated rings. The standard InChI is InChI=1S/C20H19NO7S2/c1-10-7-13-14(27-19(26-13)28-18(22)23)9-16(10)30(24,25)11-5-6-12-15(8-11)29-17(21-12)20(2,3)4/h5-9,19H,1-4H3,(H,22,23). The molecule has 4 rings (SSSR count). The van der Waals surface area contributed by atoms with E-state index in [1.807, 2.05) is 0 Å². The third-order valence-electron chi connectivity index (χ3n) is 4.49. The molecular weight excluding hydrogens is 430 g/mol. The minimum absolute atomic E-state index is 0.0423. The molecule has 3 aromatic rings. The van der Waals surface area contributed by atoms with Crippen molar-refractivity contribution in [2.75, 3.05) is 0 Å². The van der Waals surface area contributed by atoms with Crippen LogP contribution in [-0.2, 0) is 20.0 Å². The van der Waals surface area contributed by atoms with E-state index in [1.165, 1.54) is 29.5 Å². The van der Waals surface area contributed by atoms with Crippen molar-refractivity contribution in [3.63, 3.8) is 0 Å². The summed E-state index contributed by atoms with van der Waals surface area (Å²) in [4.78, 5) is 15.5. The molecule has 1 unspecified atom stereocenters. The van der Waals surface area contributed by atoms with Crippen molar-refractivity contribution in [3.05, 3.63) is 40.9 Å². The van der Waals surface area contributed by atoms with Gasteiger partial charge in [0, 0.05) is 11.5 Å². The number of nitrogens with zero attached hydrogens (tertiary/aromatic N) is 1. The molecule has 0 aliphatic carbocycles. The van der Waals surface area contributed by atoms with Gasteiger partial charge in [0.25, 0.3) is 0 Å². The molecular formula is C20H19NO7S2. The average Bonchev–Trinajstić information content (AvgIpc) is 3.22. The molecule has 158 valence electrons. The van der Waals surface area contributed by atoms with E-state index in [0.29, 0.717) is 5.56 Å². The van der Waals surface area contributed by atoms with Crippen LogP contribution in [0.5, 0.6) is 11.5 Å². The Balaban J connectivity index is 1.73. The van der Waals surface area contributed by atoms with Crippen molar-refractivity contribution in [3.8, 4) is 11.5 Å². The lowest BCUT2D eigenvalue weighted by Crippen LogP contribution is -2.24. The second-order valence-electron chi connectivity index (χ2n) is 7.87. The van der Waals surface area contributed by atoms with Crippen LogP contribution >= 0.6 is 11.3 Å². The van der Waals surface area contributed by atoms with Gasteiger partial charge in [0.2, 0.25) is 9.84 Å². The number of aryl methyl sites for hydroxylation is 1. The van der Waals surface area contributed by atoms with Crippen molar-refractivity contribution >= 4 is 37.5 Å². The summed E-state index contributed by atoms with van der Waals surface area (Å²) >= 11 is 1.47. The van der Waals surface area contributed by atoms with Crippen LogP contribution in [0.2, 0.25) is 0 Å². The van der Waals surface area contributed by atoms with E-state index in [1.54, 1.807) is 19.1 Å². The number of carboxylic acid groups (broad SMARTS) is 1. The maximum atomic E-state index is 13.3. The molecule has 0 bridgehead atoms. The van der Waals surface area contributed by atoms with Crippen molar-refractivity contribution < 1.29 is 32.5 Å². The zero-order valence-electron chi connectivity index (χ0n) is 16.6. The van der Waals surface area contributed by atoms with E-state index >= 15 is 0 Å². The third-order valence-corrected chi connectivity index (χ3v) is 7.82. The molecule has 10 heteroatoms. The van der Waals surface area contributed by atoms with Gasteiger partial charge in [-0.1, -0.05) is 20.8 Å². The van der Waals surface area contributed by atoms with Gasteiger partial charge < -0.3 is 19.3 Å². The van der Waals surface area contributed by atoms with E-state index in [2.05, 4.69) is 30.5 Å². The molecule has 0 spiro atoms. The van der Waals surface area contributed by atoms with E-state index in [0.717, 1.165) is 15.2 Å². The first-order chi connectivity index (χ1) is 13.9. The van der Waals surface area contributed by atoms with Gasteiger partial charge in [-0.25, -0.2) is 18.2 Å². The Morgan fingerprint density at radius 1 is 1.17 bits per heavy atom. The van der Waals surface area contributed by atoms with Gasteiger partial charge in [-0.05, 0) is 36.8 Å². The number of fused-ring (bicyclic) bond motifs is 2. The number of hydrogen-bond donors (Lipinski definition) is 1. The maximum Gasteiger partial charge on any atom is 0.511 e. The van der Waals surface area contributed by atoms with E-state index in [9.17, 15) is 13.2 Å². The van der Waals surface area contributed by atoms with E-state index in [-0.39, 0.29) is 26.7 Å². The quantitative estimate of drug-likeness (QED) is 0.582. The number of benzene rings is 2. The Morgan fingerprint density at radius 3 is 2.47 bits per heavy atom. The Bertz CT molecular complexity index is 1270. The van der Waals surface area contributed by atoms with Gasteiger partial charge in [-0.3, -0.25) is 0 Å². The molecule has 2 heterocycles. The van der Waals surface area contributed by atoms with Crippen LogP contribution in [-0.4, -0.2) is 31.1 Å². The highest BCUT2D eigenvalue weighted by molar-refractivity contribution is 7.91. The normalized spacial score (nSPS) is 16.1. The number of ether oxygens (including phenoxy) is 3. The van der Waals surface area contributed by atoms with Crippen molar-refractivity contribution in [1.82, 2.24) is 4.98 Å². The van der Waals surface area contributed by atoms with E-state index < -0.39 is 22.5 Å². The summed E-state index contributed by atoms with van der Waals surface area (Å²) in [6.45, 7) is 6.32. The SMILES string of the molecule is Cc1cc2c(cc1S(=O)(=O)c1ccc3nc(C(C)(C)C)sc3c1)OC(OC(=O)O)O2. The number of hydrogen-bond acceptors (Lipinski definition) is 8. The summed E-state index contributed by atoms with van der Waals surface area (Å²) in [6, 6.07) is 7.66.